The number of rotatable bonds is 3. The summed E-state index contributed by atoms with van der Waals surface area (Å²) in [6.07, 6.45) is 4.75. The van der Waals surface area contributed by atoms with Crippen molar-refractivity contribution >= 4 is 11.9 Å². The Hall–Kier alpha value is -1.36. The minimum Gasteiger partial charge on any atom is -0.468 e. The molecule has 1 rings (SSSR count). The highest BCUT2D eigenvalue weighted by Crippen LogP contribution is 2.20. The summed E-state index contributed by atoms with van der Waals surface area (Å²) in [4.78, 5) is 22.2. The van der Waals surface area contributed by atoms with Crippen molar-refractivity contribution in [2.75, 3.05) is 13.7 Å². The fraction of sp³-hybridized carbons (Fsp3) is 0.556. The van der Waals surface area contributed by atoms with Crippen LogP contribution < -0.4 is 11.1 Å². The molecule has 5 heteroatoms. The van der Waals surface area contributed by atoms with E-state index in [4.69, 9.17) is 5.73 Å². The van der Waals surface area contributed by atoms with Gasteiger partial charge in [0.05, 0.1) is 7.11 Å². The highest BCUT2D eigenvalue weighted by Gasteiger charge is 2.34. The summed E-state index contributed by atoms with van der Waals surface area (Å²) in [5, 5.41) is 2.44. The first kappa shape index (κ1) is 10.7. The van der Waals surface area contributed by atoms with E-state index in [-0.39, 0.29) is 12.5 Å². The van der Waals surface area contributed by atoms with Gasteiger partial charge in [-0.15, -0.1) is 0 Å². The molecule has 0 aromatic rings. The van der Waals surface area contributed by atoms with Gasteiger partial charge in [0, 0.05) is 0 Å². The fourth-order valence-corrected chi connectivity index (χ4v) is 1.26. The second-order valence-electron chi connectivity index (χ2n) is 3.29. The van der Waals surface area contributed by atoms with Gasteiger partial charge in [-0.2, -0.15) is 0 Å². The lowest BCUT2D eigenvalue weighted by Crippen LogP contribution is -2.53. The first-order chi connectivity index (χ1) is 6.58. The molecule has 0 unspecified atom stereocenters. The molecule has 0 atom stereocenters. The predicted octanol–water partition coefficient (Wildman–Crippen LogP) is -0.677. The number of esters is 1. The Kier molecular flexibility index (Phi) is 3.24. The molecule has 0 radical (unpaired) electrons. The number of nitrogens with two attached hydrogens (primary N) is 1. The number of amides is 1. The zero-order valence-electron chi connectivity index (χ0n) is 8.08. The van der Waals surface area contributed by atoms with Gasteiger partial charge in [-0.1, -0.05) is 12.2 Å². The summed E-state index contributed by atoms with van der Waals surface area (Å²) >= 11 is 0. The summed E-state index contributed by atoms with van der Waals surface area (Å²) in [5.41, 5.74) is 4.92. The molecule has 1 aliphatic carbocycles. The summed E-state index contributed by atoms with van der Waals surface area (Å²) < 4.78 is 4.39. The van der Waals surface area contributed by atoms with Crippen LogP contribution in [-0.4, -0.2) is 31.1 Å². The zero-order chi connectivity index (χ0) is 10.6. The minimum absolute atomic E-state index is 0.131. The standard InChI is InChI=1S/C9H14N2O3/c1-14-7(12)6-11-8(13)9(10)4-2-3-5-9/h2-3H,4-6,10H2,1H3,(H,11,13). The van der Waals surface area contributed by atoms with Crippen LogP contribution in [0.15, 0.2) is 12.2 Å². The SMILES string of the molecule is COC(=O)CNC(=O)C1(N)CC=CC1. The monoisotopic (exact) mass is 198 g/mol. The number of carbonyl (C=O) groups excluding carboxylic acids is 2. The Morgan fingerprint density at radius 3 is 2.57 bits per heavy atom. The van der Waals surface area contributed by atoms with E-state index < -0.39 is 11.5 Å². The van der Waals surface area contributed by atoms with Crippen molar-refractivity contribution in [1.82, 2.24) is 5.32 Å². The van der Waals surface area contributed by atoms with Crippen molar-refractivity contribution in [2.24, 2.45) is 5.73 Å². The molecule has 0 spiro atoms. The van der Waals surface area contributed by atoms with E-state index in [9.17, 15) is 9.59 Å². The van der Waals surface area contributed by atoms with Crippen molar-refractivity contribution in [1.29, 1.82) is 0 Å². The topological polar surface area (TPSA) is 81.4 Å². The lowest BCUT2D eigenvalue weighted by Gasteiger charge is -2.21. The maximum Gasteiger partial charge on any atom is 0.325 e. The van der Waals surface area contributed by atoms with Crippen LogP contribution in [0.1, 0.15) is 12.8 Å². The maximum atomic E-state index is 11.5. The molecule has 3 N–H and O–H groups in total. The van der Waals surface area contributed by atoms with Gasteiger partial charge in [-0.05, 0) is 12.8 Å². The molecule has 5 nitrogen and oxygen atoms in total. The molecule has 14 heavy (non-hydrogen) atoms. The second-order valence-corrected chi connectivity index (χ2v) is 3.29. The van der Waals surface area contributed by atoms with Crippen LogP contribution in [0.5, 0.6) is 0 Å². The van der Waals surface area contributed by atoms with Gasteiger partial charge in [0.1, 0.15) is 12.1 Å². The highest BCUT2D eigenvalue weighted by atomic mass is 16.5. The number of methoxy groups -OCH3 is 1. The van der Waals surface area contributed by atoms with Gasteiger partial charge in [-0.3, -0.25) is 9.59 Å². The molecule has 0 heterocycles. The van der Waals surface area contributed by atoms with E-state index in [1.807, 2.05) is 12.2 Å². The van der Waals surface area contributed by atoms with Gasteiger partial charge in [0.15, 0.2) is 0 Å². The third-order valence-corrected chi connectivity index (χ3v) is 2.20. The Balaban J connectivity index is 2.38. The highest BCUT2D eigenvalue weighted by molar-refractivity contribution is 5.89. The van der Waals surface area contributed by atoms with Crippen LogP contribution in [0.3, 0.4) is 0 Å². The van der Waals surface area contributed by atoms with Crippen LogP contribution in [0.25, 0.3) is 0 Å². The van der Waals surface area contributed by atoms with Crippen LogP contribution in [0, 0.1) is 0 Å². The molecule has 0 saturated heterocycles. The Morgan fingerprint density at radius 2 is 2.07 bits per heavy atom. The molecule has 0 saturated carbocycles. The first-order valence-corrected chi connectivity index (χ1v) is 4.37. The van der Waals surface area contributed by atoms with Crippen molar-refractivity contribution in [3.05, 3.63) is 12.2 Å². The maximum absolute atomic E-state index is 11.5. The number of hydrogen-bond acceptors (Lipinski definition) is 4. The van der Waals surface area contributed by atoms with Crippen LogP contribution in [0.4, 0.5) is 0 Å². The van der Waals surface area contributed by atoms with Crippen molar-refractivity contribution in [3.63, 3.8) is 0 Å². The lowest BCUT2D eigenvalue weighted by atomic mass is 9.97. The molecule has 0 aromatic carbocycles. The quantitative estimate of drug-likeness (QED) is 0.465. The molecular weight excluding hydrogens is 184 g/mol. The number of hydrogen-bond donors (Lipinski definition) is 2. The lowest BCUT2D eigenvalue weighted by molar-refractivity contribution is -0.141. The normalized spacial score (nSPS) is 17.9. The largest absolute Gasteiger partial charge is 0.468 e. The summed E-state index contributed by atoms with van der Waals surface area (Å²) in [7, 11) is 1.27. The fourth-order valence-electron chi connectivity index (χ4n) is 1.26. The average Bonchev–Trinajstić information content (AvgIpc) is 2.62. The van der Waals surface area contributed by atoms with E-state index in [0.29, 0.717) is 12.8 Å². The van der Waals surface area contributed by atoms with E-state index in [1.54, 1.807) is 0 Å². The van der Waals surface area contributed by atoms with E-state index in [2.05, 4.69) is 10.1 Å². The molecule has 1 aliphatic rings. The van der Waals surface area contributed by atoms with Gasteiger partial charge >= 0.3 is 5.97 Å². The molecule has 0 aliphatic heterocycles. The van der Waals surface area contributed by atoms with Gasteiger partial charge in [0.2, 0.25) is 5.91 Å². The van der Waals surface area contributed by atoms with Gasteiger partial charge in [-0.25, -0.2) is 0 Å². The van der Waals surface area contributed by atoms with Crippen molar-refractivity contribution in [2.45, 2.75) is 18.4 Å². The third-order valence-electron chi connectivity index (χ3n) is 2.20. The van der Waals surface area contributed by atoms with Crippen LogP contribution in [0.2, 0.25) is 0 Å². The molecule has 0 bridgehead atoms. The van der Waals surface area contributed by atoms with Crippen molar-refractivity contribution in [3.8, 4) is 0 Å². The van der Waals surface area contributed by atoms with Gasteiger partial charge in [0.25, 0.3) is 0 Å². The van der Waals surface area contributed by atoms with E-state index in [0.717, 1.165) is 0 Å². The summed E-state index contributed by atoms with van der Waals surface area (Å²) in [6.45, 7) is -0.131. The number of ether oxygens (including phenoxy) is 1. The minimum atomic E-state index is -0.881. The van der Waals surface area contributed by atoms with Gasteiger partial charge < -0.3 is 15.8 Å². The molecule has 0 aromatic heterocycles. The molecule has 0 fully saturated rings. The Labute approximate surface area is 82.3 Å². The Morgan fingerprint density at radius 1 is 1.50 bits per heavy atom. The van der Waals surface area contributed by atoms with Crippen LogP contribution in [-0.2, 0) is 14.3 Å². The second kappa shape index (κ2) is 4.23. The first-order valence-electron chi connectivity index (χ1n) is 4.37. The third kappa shape index (κ3) is 2.32. The molecule has 1 amide bonds. The predicted molar refractivity (Wildman–Crippen MR) is 50.3 cm³/mol. The van der Waals surface area contributed by atoms with E-state index in [1.165, 1.54) is 7.11 Å². The molecule has 78 valence electrons. The number of carbonyl (C=O) groups is 2. The molecular formula is C9H14N2O3. The smallest absolute Gasteiger partial charge is 0.325 e. The Bertz CT molecular complexity index is 265. The zero-order valence-corrected chi connectivity index (χ0v) is 8.08. The summed E-state index contributed by atoms with van der Waals surface area (Å²) in [6, 6.07) is 0. The average molecular weight is 198 g/mol. The van der Waals surface area contributed by atoms with Crippen molar-refractivity contribution < 1.29 is 14.3 Å². The van der Waals surface area contributed by atoms with Crippen LogP contribution >= 0.6 is 0 Å². The van der Waals surface area contributed by atoms with E-state index >= 15 is 0 Å². The number of nitrogens with one attached hydrogen (secondary N) is 1. The summed E-state index contributed by atoms with van der Waals surface area (Å²) in [5.74, 6) is -0.791.